The molecule has 2 heterocycles. The van der Waals surface area contributed by atoms with E-state index in [-0.39, 0.29) is 42.4 Å². The minimum Gasteiger partial charge on any atom is -0.349 e. The molecule has 6 atom stereocenters. The van der Waals surface area contributed by atoms with Gasteiger partial charge in [-0.2, -0.15) is 4.31 Å². The van der Waals surface area contributed by atoms with E-state index in [0.717, 1.165) is 0 Å². The highest BCUT2D eigenvalue weighted by Crippen LogP contribution is 2.65. The second-order valence-corrected chi connectivity index (χ2v) is 18.3. The highest BCUT2D eigenvalue weighted by atomic mass is 32.2. The van der Waals surface area contributed by atoms with Crippen LogP contribution in [0, 0.1) is 40.4 Å². The number of carbonyl (C=O) groups excluding carboxylic acids is 5. The zero-order valence-corrected chi connectivity index (χ0v) is 30.9. The van der Waals surface area contributed by atoms with Crippen molar-refractivity contribution in [3.63, 3.8) is 0 Å². The van der Waals surface area contributed by atoms with Gasteiger partial charge in [-0.25, -0.2) is 13.2 Å². The van der Waals surface area contributed by atoms with Crippen molar-refractivity contribution in [3.05, 3.63) is 0 Å². The minimum absolute atomic E-state index is 0.0343. The Bertz CT molecular complexity index is 1410. The van der Waals surface area contributed by atoms with Gasteiger partial charge < -0.3 is 26.2 Å². The summed E-state index contributed by atoms with van der Waals surface area (Å²) >= 11 is 0. The number of piperidine rings is 1. The van der Waals surface area contributed by atoms with Crippen LogP contribution in [-0.2, 0) is 29.2 Å². The maximum absolute atomic E-state index is 14.3. The Kier molecular flexibility index (Phi) is 12.1. The van der Waals surface area contributed by atoms with Gasteiger partial charge in [0, 0.05) is 38.6 Å². The molecule has 0 aromatic carbocycles. The fourth-order valence-electron chi connectivity index (χ4n) is 6.83. The Morgan fingerprint density at radius 1 is 1.00 bits per heavy atom. The predicted molar refractivity (Wildman–Crippen MR) is 183 cm³/mol. The van der Waals surface area contributed by atoms with E-state index in [1.165, 1.54) is 9.21 Å². The van der Waals surface area contributed by atoms with E-state index < -0.39 is 74.6 Å². The first-order chi connectivity index (χ1) is 22.1. The number of sulfonamides is 1. The number of nitrogens with zero attached hydrogens (tertiary/aromatic N) is 2. The number of nitrogens with one attached hydrogen (secondary N) is 4. The third kappa shape index (κ3) is 8.88. The second-order valence-electron chi connectivity index (χ2n) is 16.2. The molecule has 2 saturated heterocycles. The number of hydrogen-bond donors (Lipinski definition) is 4. The molecule has 1 saturated carbocycles. The van der Waals surface area contributed by atoms with Crippen LogP contribution in [0.2, 0.25) is 0 Å². The van der Waals surface area contributed by atoms with Crippen LogP contribution in [0.3, 0.4) is 0 Å². The topological polar surface area (TPSA) is 174 Å². The molecule has 3 fully saturated rings. The normalized spacial score (nSPS) is 24.8. The molecule has 0 bridgehead atoms. The molecule has 0 spiro atoms. The number of carbonyl (C=O) groups is 5. The molecule has 0 aromatic rings. The first kappa shape index (κ1) is 39.3. The summed E-state index contributed by atoms with van der Waals surface area (Å²) in [5.41, 5.74) is -1.49. The number of likely N-dealkylation sites (tertiary alicyclic amines) is 1. The lowest BCUT2D eigenvalue weighted by Gasteiger charge is -2.39. The van der Waals surface area contributed by atoms with Crippen LogP contribution in [0.15, 0.2) is 0 Å². The third-order valence-corrected chi connectivity index (χ3v) is 12.0. The number of urea groups is 1. The molecule has 3 aliphatic rings. The molecule has 0 aromatic heterocycles. The zero-order valence-electron chi connectivity index (χ0n) is 30.1. The fourth-order valence-corrected chi connectivity index (χ4v) is 8.37. The lowest BCUT2D eigenvalue weighted by Crippen LogP contribution is -2.62. The molecule has 13 nitrogen and oxygen atoms in total. The van der Waals surface area contributed by atoms with Gasteiger partial charge in [0.2, 0.25) is 27.6 Å². The van der Waals surface area contributed by atoms with E-state index in [4.69, 9.17) is 6.42 Å². The Labute approximate surface area is 286 Å². The largest absolute Gasteiger partial charge is 0.349 e. The number of terminal acetylenes is 1. The van der Waals surface area contributed by atoms with Crippen LogP contribution in [-0.4, -0.2) is 103 Å². The summed E-state index contributed by atoms with van der Waals surface area (Å²) in [6.45, 7) is 18.2. The van der Waals surface area contributed by atoms with Crippen LogP contribution in [0.25, 0.3) is 0 Å². The Balaban J connectivity index is 1.83. The first-order valence-electron chi connectivity index (χ1n) is 17.0. The highest BCUT2D eigenvalue weighted by Gasteiger charge is 2.70. The quantitative estimate of drug-likeness (QED) is 0.168. The summed E-state index contributed by atoms with van der Waals surface area (Å²) in [5, 5.41) is 11.1. The monoisotopic (exact) mass is 692 g/mol. The number of hydrogen-bond acceptors (Lipinski definition) is 7. The fraction of sp³-hybridized carbons (Fsp3) is 0.794. The Morgan fingerprint density at radius 3 is 2.17 bits per heavy atom. The number of Topliss-reactive ketones (excluding diaryl/α,β-unsaturated/α-hetero) is 1. The van der Waals surface area contributed by atoms with Gasteiger partial charge in [0.1, 0.15) is 12.1 Å². The van der Waals surface area contributed by atoms with E-state index in [2.05, 4.69) is 27.2 Å². The third-order valence-electron chi connectivity index (χ3n) is 10.1. The molecule has 1 aliphatic carbocycles. The summed E-state index contributed by atoms with van der Waals surface area (Å²) < 4.78 is 26.4. The molecule has 14 heteroatoms. The van der Waals surface area contributed by atoms with Gasteiger partial charge in [0.05, 0.1) is 11.8 Å². The maximum atomic E-state index is 14.3. The molecular weight excluding hydrogens is 636 g/mol. The maximum Gasteiger partial charge on any atom is 0.315 e. The second kappa shape index (κ2) is 14.7. The Morgan fingerprint density at radius 2 is 1.65 bits per heavy atom. The van der Waals surface area contributed by atoms with Crippen LogP contribution in [0.5, 0.6) is 0 Å². The smallest absolute Gasteiger partial charge is 0.315 e. The lowest BCUT2D eigenvalue weighted by atomic mass is 9.85. The van der Waals surface area contributed by atoms with Crippen molar-refractivity contribution in [2.45, 2.75) is 112 Å². The zero-order chi connectivity index (χ0) is 36.4. The average molecular weight is 693 g/mol. The molecule has 3 rings (SSSR count). The van der Waals surface area contributed by atoms with Crippen molar-refractivity contribution in [1.29, 1.82) is 0 Å². The summed E-state index contributed by atoms with van der Waals surface area (Å²) in [6.07, 6.45) is 6.83. The molecule has 2 aliphatic heterocycles. The summed E-state index contributed by atoms with van der Waals surface area (Å²) in [4.78, 5) is 68.9. The molecular formula is C34H56N6O7S. The predicted octanol–water partition coefficient (Wildman–Crippen LogP) is 1.63. The van der Waals surface area contributed by atoms with E-state index in [0.29, 0.717) is 32.5 Å². The minimum atomic E-state index is -3.39. The molecule has 0 radical (unpaired) electrons. The van der Waals surface area contributed by atoms with Crippen molar-refractivity contribution in [2.75, 3.05) is 31.9 Å². The number of rotatable bonds is 13. The molecule has 48 heavy (non-hydrogen) atoms. The van der Waals surface area contributed by atoms with E-state index in [1.807, 2.05) is 62.3 Å². The van der Waals surface area contributed by atoms with Gasteiger partial charge in [-0.3, -0.25) is 19.2 Å². The highest BCUT2D eigenvalue weighted by molar-refractivity contribution is 7.89. The van der Waals surface area contributed by atoms with Gasteiger partial charge in [0.25, 0.3) is 5.91 Å². The van der Waals surface area contributed by atoms with E-state index >= 15 is 0 Å². The number of fused-ring (bicyclic) bond motifs is 1. The summed E-state index contributed by atoms with van der Waals surface area (Å²) in [6, 6.07) is -4.28. The van der Waals surface area contributed by atoms with E-state index in [1.54, 1.807) is 0 Å². The standard InChI is InChI=1S/C34H56N6O7S/c1-11-13-15-22(26(41)29(43)35-16-12-2)36-28(42)25-24-21(34(24,9)10)19-40(25)30(44)27(33(6,7)8)38-31(45)37-23(32(3,4)5)20-39-17-14-18-48(39,46)47/h1,21-25,27H,12-20H2,2-10H3,(H,35,43)(H,36,42)(H2,37,38,45)/t21-,22?,23+,24?,25-,27+/m0/s1. The van der Waals surface area contributed by atoms with Crippen molar-refractivity contribution in [2.24, 2.45) is 28.1 Å². The van der Waals surface area contributed by atoms with Crippen molar-refractivity contribution in [3.8, 4) is 12.3 Å². The van der Waals surface area contributed by atoms with Gasteiger partial charge >= 0.3 is 6.03 Å². The van der Waals surface area contributed by atoms with Gasteiger partial charge in [-0.1, -0.05) is 62.3 Å². The SMILES string of the molecule is C#CCCC(NC(=O)[C@@H]1C2[C@H](CN1C(=O)[C@@H](NC(=O)N[C@H](CN1CCCS1(=O)=O)C(C)(C)C)C(C)(C)C)C2(C)C)C(=O)C(=O)NCCC. The number of ketones is 1. The van der Waals surface area contributed by atoms with Crippen molar-refractivity contribution >= 4 is 39.6 Å². The number of amides is 5. The van der Waals surface area contributed by atoms with Crippen molar-refractivity contribution < 1.29 is 32.4 Å². The Hall–Kier alpha value is -3.18. The molecule has 4 N–H and O–H groups in total. The van der Waals surface area contributed by atoms with Crippen LogP contribution >= 0.6 is 0 Å². The lowest BCUT2D eigenvalue weighted by molar-refractivity contribution is -0.145. The average Bonchev–Trinajstić information content (AvgIpc) is 3.26. The molecule has 270 valence electrons. The summed E-state index contributed by atoms with van der Waals surface area (Å²) in [7, 11) is -3.39. The van der Waals surface area contributed by atoms with Gasteiger partial charge in [0.15, 0.2) is 0 Å². The molecule has 2 unspecified atom stereocenters. The summed E-state index contributed by atoms with van der Waals surface area (Å²) in [5.74, 6) is -0.204. The van der Waals surface area contributed by atoms with E-state index in [9.17, 15) is 32.4 Å². The van der Waals surface area contributed by atoms with Gasteiger partial charge in [-0.05, 0) is 47.3 Å². The van der Waals surface area contributed by atoms with Crippen LogP contribution < -0.4 is 21.3 Å². The van der Waals surface area contributed by atoms with Crippen molar-refractivity contribution in [1.82, 2.24) is 30.5 Å². The van der Waals surface area contributed by atoms with Crippen LogP contribution in [0.4, 0.5) is 4.79 Å². The van der Waals surface area contributed by atoms with Crippen LogP contribution in [0.1, 0.15) is 88.0 Å². The molecule has 5 amide bonds. The van der Waals surface area contributed by atoms with Gasteiger partial charge in [-0.15, -0.1) is 12.3 Å². The first-order valence-corrected chi connectivity index (χ1v) is 18.6.